The third-order valence-corrected chi connectivity index (χ3v) is 7.86. The quantitative estimate of drug-likeness (QED) is 0.804. The van der Waals surface area contributed by atoms with Crippen LogP contribution in [0.5, 0.6) is 0 Å². The number of nitrogens with zero attached hydrogens (tertiary/aromatic N) is 1. The molecule has 2 amide bonds. The van der Waals surface area contributed by atoms with E-state index in [1.54, 1.807) is 0 Å². The second-order valence-corrected chi connectivity index (χ2v) is 9.68. The Kier molecular flexibility index (Phi) is 4.25. The van der Waals surface area contributed by atoms with Gasteiger partial charge in [-0.05, 0) is 56.3 Å². The van der Waals surface area contributed by atoms with Crippen LogP contribution in [0.4, 0.5) is 4.79 Å². The minimum Gasteiger partial charge on any atom is -0.481 e. The highest BCUT2D eigenvalue weighted by molar-refractivity contribution is 5.77. The Labute approximate surface area is 155 Å². The van der Waals surface area contributed by atoms with Gasteiger partial charge in [-0.3, -0.25) is 4.79 Å². The topological polar surface area (TPSA) is 78.9 Å². The van der Waals surface area contributed by atoms with E-state index in [4.69, 9.17) is 4.74 Å². The first-order valence-corrected chi connectivity index (χ1v) is 10.1. The normalized spacial score (nSPS) is 36.0. The van der Waals surface area contributed by atoms with Crippen LogP contribution in [0.1, 0.15) is 52.9 Å². The summed E-state index contributed by atoms with van der Waals surface area (Å²) >= 11 is 0. The van der Waals surface area contributed by atoms with E-state index in [1.165, 1.54) is 12.8 Å². The van der Waals surface area contributed by atoms with Gasteiger partial charge in [0, 0.05) is 37.3 Å². The van der Waals surface area contributed by atoms with E-state index >= 15 is 0 Å². The number of amides is 2. The number of carbonyl (C=O) groups is 2. The van der Waals surface area contributed by atoms with Crippen LogP contribution in [0.3, 0.4) is 0 Å². The molecule has 2 aliphatic carbocycles. The van der Waals surface area contributed by atoms with E-state index in [0.717, 1.165) is 32.6 Å². The van der Waals surface area contributed by atoms with Crippen molar-refractivity contribution in [2.45, 2.75) is 65.0 Å². The monoisotopic (exact) mass is 364 g/mol. The van der Waals surface area contributed by atoms with E-state index in [2.05, 4.69) is 10.2 Å². The minimum atomic E-state index is -0.720. The standard InChI is InChI=1S/C20H32N2O4/c1-12(14-10-15(17(23)24)19(14,2)3)21-18(25)22-11-20(6-8-26-9-7-20)16(22)13-4-5-13/h12-16H,4-11H2,1-3H3,(H,21,25)(H,23,24)/t12?,14-,15+,16?/m0/s1. The number of nitrogens with one attached hydrogen (secondary N) is 1. The maximum atomic E-state index is 12.9. The van der Waals surface area contributed by atoms with Crippen LogP contribution in [0.15, 0.2) is 0 Å². The molecule has 2 saturated carbocycles. The molecule has 6 nitrogen and oxygen atoms in total. The molecule has 4 aliphatic rings. The van der Waals surface area contributed by atoms with Crippen LogP contribution in [0.25, 0.3) is 0 Å². The first-order valence-electron chi connectivity index (χ1n) is 10.1. The number of carboxylic acid groups (broad SMARTS) is 1. The Balaban J connectivity index is 1.37. The van der Waals surface area contributed by atoms with Crippen molar-refractivity contribution in [3.63, 3.8) is 0 Å². The van der Waals surface area contributed by atoms with Crippen molar-refractivity contribution < 1.29 is 19.4 Å². The molecule has 0 radical (unpaired) electrons. The summed E-state index contributed by atoms with van der Waals surface area (Å²) in [5.74, 6) is -0.145. The highest BCUT2D eigenvalue weighted by Gasteiger charge is 2.60. The average molecular weight is 364 g/mol. The highest BCUT2D eigenvalue weighted by atomic mass is 16.5. The maximum Gasteiger partial charge on any atom is 0.317 e. The fourth-order valence-corrected chi connectivity index (χ4v) is 5.95. The van der Waals surface area contributed by atoms with Gasteiger partial charge in [0.05, 0.1) is 5.92 Å². The Bertz CT molecular complexity index is 595. The first kappa shape index (κ1) is 18.1. The summed E-state index contributed by atoms with van der Waals surface area (Å²) in [7, 11) is 0. The minimum absolute atomic E-state index is 0.000748. The molecule has 0 aromatic rings. The molecule has 4 atom stereocenters. The van der Waals surface area contributed by atoms with E-state index in [9.17, 15) is 14.7 Å². The summed E-state index contributed by atoms with van der Waals surface area (Å²) in [4.78, 5) is 26.3. The van der Waals surface area contributed by atoms with Gasteiger partial charge in [0.2, 0.25) is 0 Å². The molecule has 0 aromatic carbocycles. The SMILES string of the molecule is CC(NC(=O)N1CC2(CCOCC2)C1C1CC1)[C@@H]1C[C@H](C(=O)O)C1(C)C. The fourth-order valence-electron chi connectivity index (χ4n) is 5.95. The van der Waals surface area contributed by atoms with Crippen LogP contribution in [0.2, 0.25) is 0 Å². The van der Waals surface area contributed by atoms with E-state index in [0.29, 0.717) is 18.4 Å². The van der Waals surface area contributed by atoms with Crippen LogP contribution in [0, 0.1) is 28.6 Å². The second-order valence-electron chi connectivity index (χ2n) is 9.68. The molecule has 0 bridgehead atoms. The number of likely N-dealkylation sites (tertiary alicyclic amines) is 1. The molecule has 4 fully saturated rings. The number of hydrogen-bond donors (Lipinski definition) is 2. The fraction of sp³-hybridized carbons (Fsp3) is 0.900. The van der Waals surface area contributed by atoms with Gasteiger partial charge in [-0.25, -0.2) is 4.79 Å². The number of carbonyl (C=O) groups excluding carboxylic acids is 1. The van der Waals surface area contributed by atoms with Crippen molar-refractivity contribution in [2.75, 3.05) is 19.8 Å². The van der Waals surface area contributed by atoms with Crippen molar-refractivity contribution in [1.29, 1.82) is 0 Å². The van der Waals surface area contributed by atoms with E-state index in [1.807, 2.05) is 20.8 Å². The lowest BCUT2D eigenvalue weighted by Gasteiger charge is -2.60. The predicted molar refractivity (Wildman–Crippen MR) is 96.7 cm³/mol. The zero-order chi connectivity index (χ0) is 18.7. The van der Waals surface area contributed by atoms with Crippen LogP contribution in [-0.2, 0) is 9.53 Å². The average Bonchev–Trinajstić information content (AvgIpc) is 3.36. The van der Waals surface area contributed by atoms with E-state index in [-0.39, 0.29) is 34.7 Å². The third-order valence-electron chi connectivity index (χ3n) is 7.86. The molecule has 2 heterocycles. The molecule has 2 aliphatic heterocycles. The first-order chi connectivity index (χ1) is 12.3. The molecule has 1 spiro atoms. The lowest BCUT2D eigenvalue weighted by atomic mass is 9.52. The number of hydrogen-bond acceptors (Lipinski definition) is 3. The van der Waals surface area contributed by atoms with Gasteiger partial charge in [-0.2, -0.15) is 0 Å². The van der Waals surface area contributed by atoms with Crippen LogP contribution >= 0.6 is 0 Å². The summed E-state index contributed by atoms with van der Waals surface area (Å²) in [6.07, 6.45) is 5.27. The Morgan fingerprint density at radius 3 is 2.42 bits per heavy atom. The van der Waals surface area contributed by atoms with Gasteiger partial charge in [0.1, 0.15) is 0 Å². The second kappa shape index (κ2) is 6.11. The summed E-state index contributed by atoms with van der Waals surface area (Å²) in [5, 5.41) is 12.5. The zero-order valence-electron chi connectivity index (χ0n) is 16.2. The lowest BCUT2D eigenvalue weighted by molar-refractivity contribution is -0.160. The summed E-state index contributed by atoms with van der Waals surface area (Å²) in [6.45, 7) is 8.54. The largest absolute Gasteiger partial charge is 0.481 e. The summed E-state index contributed by atoms with van der Waals surface area (Å²) in [5.41, 5.74) is 0.00937. The van der Waals surface area contributed by atoms with Crippen molar-refractivity contribution >= 4 is 12.0 Å². The number of urea groups is 1. The Morgan fingerprint density at radius 1 is 1.23 bits per heavy atom. The van der Waals surface area contributed by atoms with Gasteiger partial charge >= 0.3 is 12.0 Å². The molecular formula is C20H32N2O4. The number of aliphatic carboxylic acids is 1. The molecular weight excluding hydrogens is 332 g/mol. The molecule has 2 saturated heterocycles. The third kappa shape index (κ3) is 2.72. The molecule has 146 valence electrons. The molecule has 26 heavy (non-hydrogen) atoms. The molecule has 2 N–H and O–H groups in total. The molecule has 0 aromatic heterocycles. The van der Waals surface area contributed by atoms with Crippen molar-refractivity contribution in [2.24, 2.45) is 28.6 Å². The number of carboxylic acids is 1. The Morgan fingerprint density at radius 2 is 1.88 bits per heavy atom. The smallest absolute Gasteiger partial charge is 0.317 e. The van der Waals surface area contributed by atoms with Crippen LogP contribution < -0.4 is 5.32 Å². The highest BCUT2D eigenvalue weighted by Crippen LogP contribution is 2.55. The summed E-state index contributed by atoms with van der Waals surface area (Å²) < 4.78 is 5.55. The maximum absolute atomic E-state index is 12.9. The summed E-state index contributed by atoms with van der Waals surface area (Å²) in [6, 6.07) is 0.417. The lowest BCUT2D eigenvalue weighted by Crippen LogP contribution is -2.71. The van der Waals surface area contributed by atoms with Crippen molar-refractivity contribution in [3.05, 3.63) is 0 Å². The molecule has 4 rings (SSSR count). The van der Waals surface area contributed by atoms with Crippen molar-refractivity contribution in [1.82, 2.24) is 10.2 Å². The predicted octanol–water partition coefficient (Wildman–Crippen LogP) is 2.72. The molecule has 6 heteroatoms. The van der Waals surface area contributed by atoms with Gasteiger partial charge in [-0.15, -0.1) is 0 Å². The van der Waals surface area contributed by atoms with Gasteiger partial charge in [0.25, 0.3) is 0 Å². The van der Waals surface area contributed by atoms with Gasteiger partial charge in [0.15, 0.2) is 0 Å². The van der Waals surface area contributed by atoms with Gasteiger partial charge < -0.3 is 20.1 Å². The Hall–Kier alpha value is -1.30. The van der Waals surface area contributed by atoms with E-state index < -0.39 is 5.97 Å². The number of rotatable bonds is 4. The number of ether oxygens (including phenoxy) is 1. The van der Waals surface area contributed by atoms with Crippen molar-refractivity contribution in [3.8, 4) is 0 Å². The molecule has 2 unspecified atom stereocenters. The van der Waals surface area contributed by atoms with Crippen LogP contribution in [-0.4, -0.2) is 53.8 Å². The zero-order valence-corrected chi connectivity index (χ0v) is 16.2. The van der Waals surface area contributed by atoms with Gasteiger partial charge in [-0.1, -0.05) is 13.8 Å².